The third kappa shape index (κ3) is 6.63. The van der Waals surface area contributed by atoms with E-state index in [-0.39, 0.29) is 10.7 Å². The summed E-state index contributed by atoms with van der Waals surface area (Å²) < 4.78 is 37.5. The quantitative estimate of drug-likeness (QED) is 0.536. The second-order valence-electron chi connectivity index (χ2n) is 5.99. The fourth-order valence-corrected chi connectivity index (χ4v) is 2.58. The minimum absolute atomic E-state index is 0.0153. The Balaban J connectivity index is 1.88. The zero-order chi connectivity index (χ0) is 19.9. The van der Waals surface area contributed by atoms with Crippen molar-refractivity contribution in [1.82, 2.24) is 10.3 Å². The highest BCUT2D eigenvalue weighted by molar-refractivity contribution is 7.80. The Kier molecular flexibility index (Phi) is 7.29. The van der Waals surface area contributed by atoms with Gasteiger partial charge < -0.3 is 5.32 Å². The Morgan fingerprint density at radius 1 is 1.11 bits per heavy atom. The number of halogens is 3. The number of carbonyl (C=O) groups is 1. The minimum atomic E-state index is -4.55. The first-order valence-corrected chi connectivity index (χ1v) is 8.95. The molecule has 0 saturated heterocycles. The number of pyridine rings is 1. The van der Waals surface area contributed by atoms with E-state index in [1.807, 2.05) is 24.3 Å². The summed E-state index contributed by atoms with van der Waals surface area (Å²) in [6.45, 7) is 2.16. The topological polar surface area (TPSA) is 54.0 Å². The van der Waals surface area contributed by atoms with Crippen LogP contribution in [0, 0.1) is 0 Å². The van der Waals surface area contributed by atoms with Gasteiger partial charge in [-0.1, -0.05) is 31.9 Å². The van der Waals surface area contributed by atoms with Crippen LogP contribution in [0.4, 0.5) is 18.9 Å². The molecule has 0 bridgehead atoms. The highest BCUT2D eigenvalue weighted by atomic mass is 32.1. The van der Waals surface area contributed by atoms with Crippen molar-refractivity contribution in [2.75, 3.05) is 5.32 Å². The van der Waals surface area contributed by atoms with Crippen molar-refractivity contribution in [2.45, 2.75) is 38.8 Å². The van der Waals surface area contributed by atoms with Gasteiger partial charge in [-0.3, -0.25) is 15.1 Å². The third-order valence-corrected chi connectivity index (χ3v) is 4.03. The van der Waals surface area contributed by atoms with Crippen LogP contribution in [0.1, 0.15) is 47.8 Å². The normalized spacial score (nSPS) is 11.1. The number of carbonyl (C=O) groups excluding carboxylic acids is 1. The molecule has 8 heteroatoms. The summed E-state index contributed by atoms with van der Waals surface area (Å²) in [7, 11) is 0. The van der Waals surface area contributed by atoms with Crippen LogP contribution in [-0.2, 0) is 12.6 Å². The highest BCUT2D eigenvalue weighted by Crippen LogP contribution is 2.27. The first-order chi connectivity index (χ1) is 12.8. The molecule has 0 atom stereocenters. The van der Waals surface area contributed by atoms with E-state index in [4.69, 9.17) is 12.2 Å². The van der Waals surface area contributed by atoms with Crippen molar-refractivity contribution in [3.05, 3.63) is 59.4 Å². The zero-order valence-electron chi connectivity index (χ0n) is 14.8. The van der Waals surface area contributed by atoms with Crippen LogP contribution >= 0.6 is 12.2 Å². The van der Waals surface area contributed by atoms with Crippen molar-refractivity contribution >= 4 is 28.9 Å². The second kappa shape index (κ2) is 9.45. The Hall–Kier alpha value is -2.48. The number of aromatic nitrogens is 1. The number of benzene rings is 1. The predicted octanol–water partition coefficient (Wildman–Crippen LogP) is 4.96. The van der Waals surface area contributed by atoms with E-state index in [0.717, 1.165) is 31.2 Å². The molecule has 0 aliphatic carbocycles. The van der Waals surface area contributed by atoms with Crippen molar-refractivity contribution in [1.29, 1.82) is 0 Å². The molecule has 0 unspecified atom stereocenters. The largest absolute Gasteiger partial charge is 0.433 e. The van der Waals surface area contributed by atoms with Crippen molar-refractivity contribution < 1.29 is 18.0 Å². The van der Waals surface area contributed by atoms with Crippen LogP contribution in [0.5, 0.6) is 0 Å². The first kappa shape index (κ1) is 20.8. The lowest BCUT2D eigenvalue weighted by Crippen LogP contribution is -2.34. The molecule has 4 nitrogen and oxygen atoms in total. The smallest absolute Gasteiger partial charge is 0.332 e. The molecule has 0 spiro atoms. The number of thiocarbonyl (C=S) groups is 1. The van der Waals surface area contributed by atoms with E-state index in [2.05, 4.69) is 22.5 Å². The van der Waals surface area contributed by atoms with Gasteiger partial charge in [0.1, 0.15) is 5.69 Å². The van der Waals surface area contributed by atoms with Crippen LogP contribution in [0.15, 0.2) is 42.6 Å². The van der Waals surface area contributed by atoms with Gasteiger partial charge in [0.2, 0.25) is 0 Å². The fourth-order valence-electron chi connectivity index (χ4n) is 2.37. The minimum Gasteiger partial charge on any atom is -0.332 e. The number of amides is 1. The molecule has 0 radical (unpaired) electrons. The molecule has 1 aromatic carbocycles. The maximum atomic E-state index is 12.5. The van der Waals surface area contributed by atoms with E-state index < -0.39 is 17.8 Å². The molecule has 27 heavy (non-hydrogen) atoms. The lowest BCUT2D eigenvalue weighted by atomic mass is 10.1. The molecule has 1 amide bonds. The lowest BCUT2D eigenvalue weighted by molar-refractivity contribution is -0.141. The maximum absolute atomic E-state index is 12.5. The first-order valence-electron chi connectivity index (χ1n) is 8.54. The Morgan fingerprint density at radius 2 is 1.81 bits per heavy atom. The number of hydrogen-bond acceptors (Lipinski definition) is 3. The molecule has 0 saturated carbocycles. The van der Waals surface area contributed by atoms with E-state index in [0.29, 0.717) is 5.69 Å². The molecule has 2 rings (SSSR count). The molecular weight excluding hydrogens is 375 g/mol. The van der Waals surface area contributed by atoms with Crippen LogP contribution in [0.2, 0.25) is 0 Å². The summed E-state index contributed by atoms with van der Waals surface area (Å²) >= 11 is 5.07. The van der Waals surface area contributed by atoms with Gasteiger partial charge in [-0.05, 0) is 54.9 Å². The van der Waals surface area contributed by atoms with Gasteiger partial charge >= 0.3 is 6.18 Å². The molecule has 0 fully saturated rings. The van der Waals surface area contributed by atoms with Gasteiger partial charge in [-0.2, -0.15) is 13.2 Å². The molecule has 2 aromatic rings. The average Bonchev–Trinajstić information content (AvgIpc) is 2.62. The second-order valence-corrected chi connectivity index (χ2v) is 6.40. The van der Waals surface area contributed by atoms with Crippen molar-refractivity contribution in [3.8, 4) is 0 Å². The molecular formula is C19H20F3N3OS. The van der Waals surface area contributed by atoms with Gasteiger partial charge in [0, 0.05) is 11.9 Å². The monoisotopic (exact) mass is 395 g/mol. The van der Waals surface area contributed by atoms with Gasteiger partial charge in [-0.25, -0.2) is 0 Å². The Labute approximate surface area is 161 Å². The van der Waals surface area contributed by atoms with E-state index in [1.54, 1.807) is 0 Å². The summed E-state index contributed by atoms with van der Waals surface area (Å²) in [5.74, 6) is -0.634. The summed E-state index contributed by atoms with van der Waals surface area (Å²) in [6, 6.07) is 9.50. The van der Waals surface area contributed by atoms with Gasteiger partial charge in [0.25, 0.3) is 5.91 Å². The summed E-state index contributed by atoms with van der Waals surface area (Å²) in [4.78, 5) is 15.3. The third-order valence-electron chi connectivity index (χ3n) is 3.82. The van der Waals surface area contributed by atoms with E-state index >= 15 is 0 Å². The maximum Gasteiger partial charge on any atom is 0.433 e. The lowest BCUT2D eigenvalue weighted by Gasteiger charge is -2.11. The van der Waals surface area contributed by atoms with Gasteiger partial charge in [0.05, 0.1) is 5.56 Å². The number of nitrogens with one attached hydrogen (secondary N) is 2. The van der Waals surface area contributed by atoms with Gasteiger partial charge in [-0.15, -0.1) is 0 Å². The number of nitrogens with zero attached hydrogens (tertiary/aromatic N) is 1. The molecule has 1 heterocycles. The van der Waals surface area contributed by atoms with Crippen LogP contribution < -0.4 is 10.6 Å². The zero-order valence-corrected chi connectivity index (χ0v) is 15.6. The molecule has 0 aliphatic heterocycles. The number of anilines is 1. The summed E-state index contributed by atoms with van der Waals surface area (Å²) in [5, 5.41) is 5.35. The molecule has 0 aliphatic rings. The van der Waals surface area contributed by atoms with Crippen molar-refractivity contribution in [3.63, 3.8) is 0 Å². The van der Waals surface area contributed by atoms with Crippen LogP contribution in [0.25, 0.3) is 0 Å². The number of aryl methyl sites for hydroxylation is 1. The summed E-state index contributed by atoms with van der Waals surface area (Å²) in [6.07, 6.45) is 0.826. The standard InChI is InChI=1S/C19H20F3N3OS/c1-2-3-4-5-13-6-9-15(10-7-13)24-18(27)25-17(26)14-8-11-16(23-12-14)19(20,21)22/h6-12H,2-5H2,1H3,(H2,24,25,26,27). The SMILES string of the molecule is CCCCCc1ccc(NC(=S)NC(=O)c2ccc(C(F)(F)F)nc2)cc1. The van der Waals surface area contributed by atoms with Crippen LogP contribution in [-0.4, -0.2) is 16.0 Å². The summed E-state index contributed by atoms with van der Waals surface area (Å²) in [5.41, 5.74) is 0.863. The number of rotatable bonds is 6. The van der Waals surface area contributed by atoms with Crippen molar-refractivity contribution in [2.24, 2.45) is 0 Å². The number of hydrogen-bond donors (Lipinski definition) is 2. The Morgan fingerprint density at radius 3 is 2.37 bits per heavy atom. The molecule has 144 valence electrons. The van der Waals surface area contributed by atoms with E-state index in [1.165, 1.54) is 18.4 Å². The number of alkyl halides is 3. The Bertz CT molecular complexity index is 774. The molecule has 2 N–H and O–H groups in total. The van der Waals surface area contributed by atoms with Crippen LogP contribution in [0.3, 0.4) is 0 Å². The van der Waals surface area contributed by atoms with E-state index in [9.17, 15) is 18.0 Å². The fraction of sp³-hybridized carbons (Fsp3) is 0.316. The number of unbranched alkanes of at least 4 members (excludes halogenated alkanes) is 2. The molecule has 1 aromatic heterocycles. The predicted molar refractivity (Wildman–Crippen MR) is 103 cm³/mol. The average molecular weight is 395 g/mol. The highest BCUT2D eigenvalue weighted by Gasteiger charge is 2.32. The van der Waals surface area contributed by atoms with Gasteiger partial charge in [0.15, 0.2) is 5.11 Å².